The van der Waals surface area contributed by atoms with Crippen molar-refractivity contribution in [1.82, 2.24) is 5.32 Å². The van der Waals surface area contributed by atoms with Crippen molar-refractivity contribution in [3.8, 4) is 0 Å². The Kier molecular flexibility index (Phi) is 6.68. The molecule has 0 saturated heterocycles. The second-order valence-electron chi connectivity index (χ2n) is 5.75. The number of carbonyl (C=O) groups is 2. The van der Waals surface area contributed by atoms with E-state index in [-0.39, 0.29) is 11.8 Å². The quantitative estimate of drug-likeness (QED) is 0.754. The van der Waals surface area contributed by atoms with Crippen molar-refractivity contribution in [2.75, 3.05) is 5.32 Å². The van der Waals surface area contributed by atoms with Crippen molar-refractivity contribution >= 4 is 23.1 Å². The number of hydrogen-bond acceptors (Lipinski definition) is 2. The Morgan fingerprint density at radius 3 is 2.12 bits per heavy atom. The molecular weight excluding hydrogens is 324 g/mol. The lowest BCUT2D eigenvalue weighted by Crippen LogP contribution is -2.16. The Labute approximate surface area is 153 Å². The molecule has 132 valence electrons. The highest BCUT2D eigenvalue weighted by atomic mass is 16.2. The fourth-order valence-electron chi connectivity index (χ4n) is 2.36. The van der Waals surface area contributed by atoms with Crippen LogP contribution in [0.25, 0.3) is 5.57 Å². The SMILES string of the molecule is C=C/C(=C\C=C(/C)NC(C)=O)c1ccc(NC(=O)c2ccccc2)cc1. The molecule has 2 aromatic rings. The van der Waals surface area contributed by atoms with Gasteiger partial charge >= 0.3 is 0 Å². The second kappa shape index (κ2) is 9.18. The van der Waals surface area contributed by atoms with Gasteiger partial charge in [0.25, 0.3) is 5.91 Å². The predicted octanol–water partition coefficient (Wildman–Crippen LogP) is 4.55. The molecule has 0 aliphatic heterocycles. The van der Waals surface area contributed by atoms with Crippen molar-refractivity contribution < 1.29 is 9.59 Å². The van der Waals surface area contributed by atoms with Crippen LogP contribution in [0.3, 0.4) is 0 Å². The summed E-state index contributed by atoms with van der Waals surface area (Å²) in [5.74, 6) is -0.252. The van der Waals surface area contributed by atoms with Gasteiger partial charge in [0, 0.05) is 23.9 Å². The number of carbonyl (C=O) groups excluding carboxylic acids is 2. The molecule has 0 fully saturated rings. The minimum Gasteiger partial charge on any atom is -0.330 e. The largest absolute Gasteiger partial charge is 0.330 e. The van der Waals surface area contributed by atoms with Crippen molar-refractivity contribution in [2.45, 2.75) is 13.8 Å². The van der Waals surface area contributed by atoms with Crippen LogP contribution in [0.4, 0.5) is 5.69 Å². The Morgan fingerprint density at radius 2 is 1.54 bits per heavy atom. The molecule has 0 aliphatic rings. The van der Waals surface area contributed by atoms with Crippen LogP contribution in [-0.4, -0.2) is 11.8 Å². The van der Waals surface area contributed by atoms with Crippen LogP contribution in [0.2, 0.25) is 0 Å². The molecule has 0 bridgehead atoms. The number of amides is 2. The molecule has 0 saturated carbocycles. The standard InChI is InChI=1S/C22H22N2O2/c1-4-18(11-10-16(2)23-17(3)25)19-12-14-21(15-13-19)24-22(26)20-8-6-5-7-9-20/h4-15H,1H2,2-3H3,(H,23,25)(H,24,26)/b16-10+,18-11+. The summed E-state index contributed by atoms with van der Waals surface area (Å²) >= 11 is 0. The fraction of sp³-hybridized carbons (Fsp3) is 0.0909. The van der Waals surface area contributed by atoms with E-state index in [0.29, 0.717) is 5.56 Å². The third-order valence-corrected chi connectivity index (χ3v) is 3.62. The normalized spacial score (nSPS) is 11.6. The maximum Gasteiger partial charge on any atom is 0.255 e. The molecule has 0 aliphatic carbocycles. The van der Waals surface area contributed by atoms with E-state index in [1.54, 1.807) is 18.2 Å². The lowest BCUT2D eigenvalue weighted by molar-refractivity contribution is -0.118. The van der Waals surface area contributed by atoms with E-state index >= 15 is 0 Å². The second-order valence-corrected chi connectivity index (χ2v) is 5.75. The van der Waals surface area contributed by atoms with E-state index in [4.69, 9.17) is 0 Å². The molecule has 0 aromatic heterocycles. The van der Waals surface area contributed by atoms with Gasteiger partial charge in [-0.15, -0.1) is 0 Å². The third kappa shape index (κ3) is 5.60. The Hall–Kier alpha value is -3.40. The van der Waals surface area contributed by atoms with Gasteiger partial charge in [-0.2, -0.15) is 0 Å². The smallest absolute Gasteiger partial charge is 0.255 e. The first-order chi connectivity index (χ1) is 12.5. The summed E-state index contributed by atoms with van der Waals surface area (Å²) in [6.45, 7) is 7.12. The molecular formula is C22H22N2O2. The van der Waals surface area contributed by atoms with Gasteiger partial charge in [0.1, 0.15) is 0 Å². The highest BCUT2D eigenvalue weighted by Crippen LogP contribution is 2.19. The van der Waals surface area contributed by atoms with E-state index in [9.17, 15) is 9.59 Å². The average Bonchev–Trinajstić information content (AvgIpc) is 2.63. The van der Waals surface area contributed by atoms with E-state index in [2.05, 4.69) is 17.2 Å². The van der Waals surface area contributed by atoms with Crippen LogP contribution < -0.4 is 10.6 Å². The first kappa shape index (κ1) is 18.9. The van der Waals surface area contributed by atoms with Crippen LogP contribution >= 0.6 is 0 Å². The van der Waals surface area contributed by atoms with E-state index in [1.165, 1.54) is 6.92 Å². The molecule has 4 heteroatoms. The molecule has 0 radical (unpaired) electrons. The van der Waals surface area contributed by atoms with Gasteiger partial charge in [0.2, 0.25) is 5.91 Å². The molecule has 0 unspecified atom stereocenters. The third-order valence-electron chi connectivity index (χ3n) is 3.62. The summed E-state index contributed by atoms with van der Waals surface area (Å²) in [5.41, 5.74) is 3.96. The van der Waals surface area contributed by atoms with Crippen LogP contribution in [0.15, 0.2) is 85.1 Å². The first-order valence-electron chi connectivity index (χ1n) is 8.25. The van der Waals surface area contributed by atoms with Gasteiger partial charge in [0.05, 0.1) is 0 Å². The van der Waals surface area contributed by atoms with E-state index < -0.39 is 0 Å². The van der Waals surface area contributed by atoms with Gasteiger partial charge in [-0.1, -0.05) is 49.1 Å². The maximum atomic E-state index is 12.2. The highest BCUT2D eigenvalue weighted by molar-refractivity contribution is 6.04. The summed E-state index contributed by atoms with van der Waals surface area (Å²) < 4.78 is 0. The van der Waals surface area contributed by atoms with Crippen molar-refractivity contribution in [2.24, 2.45) is 0 Å². The Bertz CT molecular complexity index is 847. The zero-order valence-electron chi connectivity index (χ0n) is 15.0. The fourth-order valence-corrected chi connectivity index (χ4v) is 2.36. The minimum absolute atomic E-state index is 0.106. The van der Waals surface area contributed by atoms with Gasteiger partial charge in [-0.05, 0) is 48.4 Å². The van der Waals surface area contributed by atoms with Gasteiger partial charge in [-0.3, -0.25) is 9.59 Å². The van der Waals surface area contributed by atoms with Crippen molar-refractivity contribution in [1.29, 1.82) is 0 Å². The predicted molar refractivity (Wildman–Crippen MR) is 107 cm³/mol. The summed E-state index contributed by atoms with van der Waals surface area (Å²) in [6, 6.07) is 16.6. The molecule has 2 rings (SSSR count). The van der Waals surface area contributed by atoms with Crippen LogP contribution in [0.1, 0.15) is 29.8 Å². The zero-order chi connectivity index (χ0) is 18.9. The molecule has 26 heavy (non-hydrogen) atoms. The number of anilines is 1. The van der Waals surface area contributed by atoms with Gasteiger partial charge in [-0.25, -0.2) is 0 Å². The number of rotatable bonds is 6. The molecule has 2 amide bonds. The lowest BCUT2D eigenvalue weighted by atomic mass is 10.0. The van der Waals surface area contributed by atoms with Gasteiger partial charge in [0.15, 0.2) is 0 Å². The van der Waals surface area contributed by atoms with Crippen LogP contribution in [0, 0.1) is 0 Å². The van der Waals surface area contributed by atoms with Crippen molar-refractivity contribution in [3.05, 3.63) is 96.2 Å². The topological polar surface area (TPSA) is 58.2 Å². The van der Waals surface area contributed by atoms with E-state index in [1.807, 2.05) is 61.5 Å². The summed E-state index contributed by atoms with van der Waals surface area (Å²) in [4.78, 5) is 23.2. The lowest BCUT2D eigenvalue weighted by Gasteiger charge is -2.07. The molecule has 4 nitrogen and oxygen atoms in total. The summed E-state index contributed by atoms with van der Waals surface area (Å²) in [6.07, 6.45) is 5.45. The minimum atomic E-state index is -0.147. The Morgan fingerprint density at radius 1 is 0.885 bits per heavy atom. The first-order valence-corrected chi connectivity index (χ1v) is 8.25. The highest BCUT2D eigenvalue weighted by Gasteiger charge is 2.05. The molecule has 0 spiro atoms. The maximum absolute atomic E-state index is 12.2. The summed E-state index contributed by atoms with van der Waals surface area (Å²) in [7, 11) is 0. The Balaban J connectivity index is 2.11. The van der Waals surface area contributed by atoms with E-state index in [0.717, 1.165) is 22.5 Å². The molecule has 0 atom stereocenters. The summed E-state index contributed by atoms with van der Waals surface area (Å²) in [5, 5.41) is 5.59. The van der Waals surface area contributed by atoms with Crippen LogP contribution in [-0.2, 0) is 4.79 Å². The average molecular weight is 346 g/mol. The molecule has 0 heterocycles. The number of allylic oxidation sites excluding steroid dienone is 5. The molecule has 2 aromatic carbocycles. The number of hydrogen-bond donors (Lipinski definition) is 2. The van der Waals surface area contributed by atoms with Gasteiger partial charge < -0.3 is 10.6 Å². The van der Waals surface area contributed by atoms with Crippen molar-refractivity contribution in [3.63, 3.8) is 0 Å². The number of nitrogens with one attached hydrogen (secondary N) is 2. The number of benzene rings is 2. The molecule has 2 N–H and O–H groups in total. The monoisotopic (exact) mass is 346 g/mol. The zero-order valence-corrected chi connectivity index (χ0v) is 15.0. The van der Waals surface area contributed by atoms with Crippen LogP contribution in [0.5, 0.6) is 0 Å².